The molecule has 0 amide bonds. The van der Waals surface area contributed by atoms with E-state index in [1.807, 2.05) is 0 Å². The summed E-state index contributed by atoms with van der Waals surface area (Å²) in [6.45, 7) is 0.807. The van der Waals surface area contributed by atoms with Gasteiger partial charge in [0.05, 0.1) is 0 Å². The number of aryl methyl sites for hydroxylation is 2. The monoisotopic (exact) mass is 315 g/mol. The van der Waals surface area contributed by atoms with Crippen molar-refractivity contribution in [3.63, 3.8) is 0 Å². The number of hydrogen-bond donors (Lipinski definition) is 1. The Morgan fingerprint density at radius 1 is 0.955 bits per heavy atom. The van der Waals surface area contributed by atoms with E-state index in [0.29, 0.717) is 5.92 Å². The number of nitrogens with two attached hydrogens (primary N) is 1. The quantitative estimate of drug-likeness (QED) is 0.771. The summed E-state index contributed by atoms with van der Waals surface area (Å²) in [6, 6.07) is 18.0. The Morgan fingerprint density at radius 2 is 1.77 bits per heavy atom. The van der Waals surface area contributed by atoms with Gasteiger partial charge in [0.25, 0.3) is 0 Å². The molecule has 2 aromatic carbocycles. The first-order chi connectivity index (χ1) is 10.4. The molecule has 1 nitrogen and oxygen atoms in total. The third kappa shape index (κ3) is 4.12. The predicted octanol–water partition coefficient (Wildman–Crippen LogP) is 4.66. The Balaban J connectivity index is 0.00000176. The average molecular weight is 316 g/mol. The summed E-state index contributed by atoms with van der Waals surface area (Å²) in [5, 5.41) is 0. The molecule has 0 saturated carbocycles. The molecule has 1 aliphatic rings. The third-order valence-corrected chi connectivity index (χ3v) is 4.66. The molecule has 0 saturated heterocycles. The molecule has 0 aromatic heterocycles. The van der Waals surface area contributed by atoms with Crippen molar-refractivity contribution < 1.29 is 0 Å². The van der Waals surface area contributed by atoms with Crippen LogP contribution in [0.4, 0.5) is 0 Å². The van der Waals surface area contributed by atoms with E-state index in [-0.39, 0.29) is 12.4 Å². The Kier molecular flexibility index (Phi) is 6.48. The van der Waals surface area contributed by atoms with Crippen LogP contribution in [-0.2, 0) is 19.3 Å². The predicted molar refractivity (Wildman–Crippen MR) is 96.9 cm³/mol. The topological polar surface area (TPSA) is 26.0 Å². The second-order valence-electron chi connectivity index (χ2n) is 6.20. The molecule has 0 heterocycles. The smallest absolute Gasteiger partial charge is 0.00772 e. The molecule has 0 bridgehead atoms. The molecule has 118 valence electrons. The highest BCUT2D eigenvalue weighted by Crippen LogP contribution is 2.36. The van der Waals surface area contributed by atoms with Crippen molar-refractivity contribution in [2.75, 3.05) is 6.54 Å². The van der Waals surface area contributed by atoms with E-state index in [0.717, 1.165) is 13.0 Å². The zero-order valence-corrected chi connectivity index (χ0v) is 13.9. The fourth-order valence-corrected chi connectivity index (χ4v) is 3.48. The van der Waals surface area contributed by atoms with Crippen molar-refractivity contribution in [3.05, 3.63) is 70.8 Å². The number of fused-ring (bicyclic) bond motifs is 1. The van der Waals surface area contributed by atoms with Crippen molar-refractivity contribution in [1.29, 1.82) is 0 Å². The van der Waals surface area contributed by atoms with Crippen LogP contribution in [-0.4, -0.2) is 6.54 Å². The zero-order valence-electron chi connectivity index (χ0n) is 13.1. The van der Waals surface area contributed by atoms with Gasteiger partial charge in [0.2, 0.25) is 0 Å². The van der Waals surface area contributed by atoms with E-state index in [9.17, 15) is 0 Å². The van der Waals surface area contributed by atoms with Crippen molar-refractivity contribution in [2.24, 2.45) is 5.73 Å². The normalized spacial score (nSPS) is 16.1. The molecule has 0 spiro atoms. The largest absolute Gasteiger partial charge is 0.330 e. The van der Waals surface area contributed by atoms with Crippen molar-refractivity contribution in [2.45, 2.75) is 44.4 Å². The van der Waals surface area contributed by atoms with Crippen LogP contribution in [0, 0.1) is 0 Å². The van der Waals surface area contributed by atoms with Crippen LogP contribution in [0.15, 0.2) is 48.5 Å². The summed E-state index contributed by atoms with van der Waals surface area (Å²) in [5.41, 5.74) is 11.7. The lowest BCUT2D eigenvalue weighted by Gasteiger charge is -2.13. The van der Waals surface area contributed by atoms with Crippen LogP contribution < -0.4 is 5.73 Å². The number of unbranched alkanes of at least 4 members (excludes halogenated alkanes) is 1. The van der Waals surface area contributed by atoms with E-state index in [2.05, 4.69) is 48.5 Å². The standard InChI is InChI=1S/C20H25N.ClH/c21-13-5-4-8-17-9-10-18-11-12-19(20(18)15-17)14-16-6-2-1-3-7-16;/h1-3,6-7,9-10,15,19H,4-5,8,11-14,21H2;1H. The molecule has 1 unspecified atom stereocenters. The SMILES string of the molecule is Cl.NCCCCc1ccc2c(c1)C(Cc1ccccc1)CC2. The Labute approximate surface area is 140 Å². The van der Waals surface area contributed by atoms with Gasteiger partial charge in [0, 0.05) is 0 Å². The van der Waals surface area contributed by atoms with E-state index in [1.54, 1.807) is 11.1 Å². The van der Waals surface area contributed by atoms with Crippen LogP contribution >= 0.6 is 12.4 Å². The highest BCUT2D eigenvalue weighted by Gasteiger charge is 2.22. The highest BCUT2D eigenvalue weighted by atomic mass is 35.5. The van der Waals surface area contributed by atoms with Gasteiger partial charge in [-0.2, -0.15) is 0 Å². The summed E-state index contributed by atoms with van der Waals surface area (Å²) in [4.78, 5) is 0. The fourth-order valence-electron chi connectivity index (χ4n) is 3.48. The van der Waals surface area contributed by atoms with Crippen LogP contribution in [0.2, 0.25) is 0 Å². The fraction of sp³-hybridized carbons (Fsp3) is 0.400. The number of benzene rings is 2. The van der Waals surface area contributed by atoms with Gasteiger partial charge in [-0.25, -0.2) is 0 Å². The summed E-state index contributed by atoms with van der Waals surface area (Å²) in [5.74, 6) is 0.705. The van der Waals surface area contributed by atoms with E-state index in [1.165, 1.54) is 43.2 Å². The van der Waals surface area contributed by atoms with Gasteiger partial charge in [-0.1, -0.05) is 48.5 Å². The summed E-state index contributed by atoms with van der Waals surface area (Å²) >= 11 is 0. The first kappa shape index (κ1) is 17.1. The van der Waals surface area contributed by atoms with E-state index in [4.69, 9.17) is 5.73 Å². The van der Waals surface area contributed by atoms with Gasteiger partial charge in [0.15, 0.2) is 0 Å². The van der Waals surface area contributed by atoms with Crippen molar-refractivity contribution in [3.8, 4) is 0 Å². The minimum Gasteiger partial charge on any atom is -0.330 e. The number of rotatable bonds is 6. The molecule has 2 aromatic rings. The molecule has 22 heavy (non-hydrogen) atoms. The Bertz CT molecular complexity index is 580. The first-order valence-corrected chi connectivity index (χ1v) is 8.22. The van der Waals surface area contributed by atoms with Gasteiger partial charge >= 0.3 is 0 Å². The van der Waals surface area contributed by atoms with Crippen LogP contribution in [0.3, 0.4) is 0 Å². The summed E-state index contributed by atoms with van der Waals surface area (Å²) in [7, 11) is 0. The lowest BCUT2D eigenvalue weighted by Crippen LogP contribution is -2.01. The maximum atomic E-state index is 5.59. The Morgan fingerprint density at radius 3 is 2.55 bits per heavy atom. The first-order valence-electron chi connectivity index (χ1n) is 8.22. The van der Waals surface area contributed by atoms with Gasteiger partial charge in [-0.05, 0) is 73.2 Å². The second-order valence-corrected chi connectivity index (χ2v) is 6.20. The molecule has 3 rings (SSSR count). The molecular weight excluding hydrogens is 290 g/mol. The van der Waals surface area contributed by atoms with E-state index >= 15 is 0 Å². The lowest BCUT2D eigenvalue weighted by atomic mass is 9.92. The van der Waals surface area contributed by atoms with Crippen molar-refractivity contribution >= 4 is 12.4 Å². The molecule has 0 fully saturated rings. The van der Waals surface area contributed by atoms with Crippen LogP contribution in [0.5, 0.6) is 0 Å². The molecule has 1 aliphatic carbocycles. The number of halogens is 1. The average Bonchev–Trinajstić information content (AvgIpc) is 2.91. The Hall–Kier alpha value is -1.31. The van der Waals surface area contributed by atoms with E-state index < -0.39 is 0 Å². The van der Waals surface area contributed by atoms with Crippen molar-refractivity contribution in [1.82, 2.24) is 0 Å². The highest BCUT2D eigenvalue weighted by molar-refractivity contribution is 5.85. The van der Waals surface area contributed by atoms with Crippen LogP contribution in [0.1, 0.15) is 47.4 Å². The minimum atomic E-state index is 0. The summed E-state index contributed by atoms with van der Waals surface area (Å²) < 4.78 is 0. The van der Waals surface area contributed by atoms with Gasteiger partial charge in [-0.3, -0.25) is 0 Å². The lowest BCUT2D eigenvalue weighted by molar-refractivity contribution is 0.673. The minimum absolute atomic E-state index is 0. The van der Waals surface area contributed by atoms with Gasteiger partial charge in [-0.15, -0.1) is 12.4 Å². The molecule has 0 radical (unpaired) electrons. The maximum Gasteiger partial charge on any atom is -0.00772 e. The molecule has 0 aliphatic heterocycles. The molecular formula is C20H26ClN. The van der Waals surface area contributed by atoms with Gasteiger partial charge in [0.1, 0.15) is 0 Å². The van der Waals surface area contributed by atoms with Gasteiger partial charge < -0.3 is 5.73 Å². The molecule has 2 heteroatoms. The second kappa shape index (κ2) is 8.36. The molecule has 2 N–H and O–H groups in total. The summed E-state index contributed by atoms with van der Waals surface area (Å²) in [6.07, 6.45) is 7.23. The zero-order chi connectivity index (χ0) is 14.5. The molecule has 1 atom stereocenters. The van der Waals surface area contributed by atoms with Crippen LogP contribution in [0.25, 0.3) is 0 Å². The third-order valence-electron chi connectivity index (χ3n) is 4.66. The maximum absolute atomic E-state index is 5.59. The number of hydrogen-bond acceptors (Lipinski definition) is 1.